The Morgan fingerprint density at radius 3 is 2.89 bits per heavy atom. The molecule has 3 N–H and O–H groups in total. The van der Waals surface area contributed by atoms with E-state index < -0.39 is 6.23 Å². The van der Waals surface area contributed by atoms with Gasteiger partial charge in [-0.3, -0.25) is 5.32 Å². The van der Waals surface area contributed by atoms with Crippen molar-refractivity contribution in [2.75, 3.05) is 6.54 Å². The van der Waals surface area contributed by atoms with Gasteiger partial charge in [0, 0.05) is 0 Å². The lowest BCUT2D eigenvalue weighted by molar-refractivity contribution is 0.137. The van der Waals surface area contributed by atoms with Crippen LogP contribution < -0.4 is 10.1 Å². The number of para-hydroxylation sites is 1. The minimum Gasteiger partial charge on any atom is -0.512 e. The van der Waals surface area contributed by atoms with Gasteiger partial charge in [-0.25, -0.2) is 0 Å². The summed E-state index contributed by atoms with van der Waals surface area (Å²) >= 11 is 0. The highest BCUT2D eigenvalue weighted by molar-refractivity contribution is 5.42. The highest BCUT2D eigenvalue weighted by atomic mass is 16.5. The third kappa shape index (κ3) is 3.68. The maximum atomic E-state index is 9.51. The smallest absolute Gasteiger partial charge is 0.211 e. The first-order valence-corrected chi connectivity index (χ1v) is 5.65. The average Bonchev–Trinajstić information content (AvgIpc) is 2.42. The summed E-state index contributed by atoms with van der Waals surface area (Å²) in [5.74, 6) is 0.0122. The normalized spacial score (nSPS) is 12.8. The monoisotopic (exact) mass is 248 g/mol. The Balaban J connectivity index is 2.86. The van der Waals surface area contributed by atoms with Crippen LogP contribution in [0.1, 0.15) is 18.9 Å². The predicted molar refractivity (Wildman–Crippen MR) is 67.2 cm³/mol. The lowest BCUT2D eigenvalue weighted by Crippen LogP contribution is -2.37. The summed E-state index contributed by atoms with van der Waals surface area (Å²) in [6, 6.07) is 8.70. The Morgan fingerprint density at radius 1 is 1.56 bits per heavy atom. The van der Waals surface area contributed by atoms with Crippen molar-refractivity contribution in [2.24, 2.45) is 0 Å². The first-order chi connectivity index (χ1) is 8.72. The Bertz CT molecular complexity index is 452. The average molecular weight is 248 g/mol. The van der Waals surface area contributed by atoms with Crippen LogP contribution in [0.5, 0.6) is 5.75 Å². The number of hydrogen-bond acceptors (Lipinski definition) is 5. The SMILES string of the molecule is CCCNC(Oc1ccccc1C#N)C(O)=CO. The third-order valence-corrected chi connectivity index (χ3v) is 2.23. The van der Waals surface area contributed by atoms with Gasteiger partial charge in [-0.1, -0.05) is 19.1 Å². The molecule has 0 aromatic heterocycles. The highest BCUT2D eigenvalue weighted by Gasteiger charge is 2.16. The molecule has 0 spiro atoms. The number of ether oxygens (including phenoxy) is 1. The van der Waals surface area contributed by atoms with Gasteiger partial charge in [0.05, 0.1) is 5.56 Å². The molecule has 0 aliphatic heterocycles. The molecule has 1 aromatic carbocycles. The van der Waals surface area contributed by atoms with Gasteiger partial charge in [-0.05, 0) is 25.1 Å². The maximum absolute atomic E-state index is 9.51. The molecule has 0 heterocycles. The first-order valence-electron chi connectivity index (χ1n) is 5.65. The lowest BCUT2D eigenvalue weighted by atomic mass is 10.2. The number of hydrogen-bond donors (Lipinski definition) is 3. The predicted octanol–water partition coefficient (Wildman–Crippen LogP) is 2.22. The Morgan fingerprint density at radius 2 is 2.28 bits per heavy atom. The van der Waals surface area contributed by atoms with Gasteiger partial charge in [0.25, 0.3) is 0 Å². The summed E-state index contributed by atoms with van der Waals surface area (Å²) in [4.78, 5) is 0. The molecule has 1 rings (SSSR count). The van der Waals surface area contributed by atoms with Crippen LogP contribution in [-0.2, 0) is 0 Å². The van der Waals surface area contributed by atoms with Crippen LogP contribution in [0.15, 0.2) is 36.3 Å². The van der Waals surface area contributed by atoms with Crippen molar-refractivity contribution in [1.29, 1.82) is 5.26 Å². The van der Waals surface area contributed by atoms with E-state index in [0.717, 1.165) is 6.42 Å². The molecule has 18 heavy (non-hydrogen) atoms. The van der Waals surface area contributed by atoms with E-state index in [1.54, 1.807) is 24.3 Å². The first kappa shape index (κ1) is 13.9. The number of nitrogens with one attached hydrogen (secondary N) is 1. The molecule has 0 bridgehead atoms. The van der Waals surface area contributed by atoms with E-state index in [-0.39, 0.29) is 5.76 Å². The third-order valence-electron chi connectivity index (χ3n) is 2.23. The molecule has 0 amide bonds. The van der Waals surface area contributed by atoms with E-state index in [9.17, 15) is 5.11 Å². The van der Waals surface area contributed by atoms with Crippen LogP contribution in [0.2, 0.25) is 0 Å². The molecule has 0 saturated carbocycles. The second kappa shape index (κ2) is 7.20. The molecule has 0 radical (unpaired) electrons. The summed E-state index contributed by atoms with van der Waals surface area (Å²) < 4.78 is 5.48. The number of nitrogens with zero attached hydrogens (tertiary/aromatic N) is 1. The van der Waals surface area contributed by atoms with Crippen LogP contribution >= 0.6 is 0 Å². The zero-order chi connectivity index (χ0) is 13.4. The number of benzene rings is 1. The van der Waals surface area contributed by atoms with Gasteiger partial charge >= 0.3 is 0 Å². The van der Waals surface area contributed by atoms with Crippen LogP contribution in [0.4, 0.5) is 0 Å². The molecule has 5 heteroatoms. The van der Waals surface area contributed by atoms with E-state index in [1.807, 2.05) is 13.0 Å². The second-order valence-electron chi connectivity index (χ2n) is 3.61. The molecule has 0 saturated heterocycles. The van der Waals surface area contributed by atoms with Crippen molar-refractivity contribution >= 4 is 0 Å². The summed E-state index contributed by atoms with van der Waals surface area (Å²) in [5, 5.41) is 30.2. The molecule has 96 valence electrons. The van der Waals surface area contributed by atoms with E-state index >= 15 is 0 Å². The van der Waals surface area contributed by atoms with Crippen LogP contribution in [0.25, 0.3) is 0 Å². The van der Waals surface area contributed by atoms with E-state index in [2.05, 4.69) is 5.32 Å². The topological polar surface area (TPSA) is 85.5 Å². The minimum absolute atomic E-state index is 0.337. The quantitative estimate of drug-likeness (QED) is 0.531. The van der Waals surface area contributed by atoms with Crippen LogP contribution in [0.3, 0.4) is 0 Å². The molecule has 0 fully saturated rings. The zero-order valence-corrected chi connectivity index (χ0v) is 10.1. The van der Waals surface area contributed by atoms with Crippen LogP contribution in [0, 0.1) is 11.3 Å². The van der Waals surface area contributed by atoms with Gasteiger partial charge in [-0.2, -0.15) is 5.26 Å². The molecular formula is C13H16N2O3. The molecule has 0 aliphatic carbocycles. The number of rotatable bonds is 6. The summed E-state index contributed by atoms with van der Waals surface area (Å²) in [7, 11) is 0. The van der Waals surface area contributed by atoms with E-state index in [1.165, 1.54) is 0 Å². The summed E-state index contributed by atoms with van der Waals surface area (Å²) in [6.45, 7) is 2.57. The number of aliphatic hydroxyl groups is 2. The highest BCUT2D eigenvalue weighted by Crippen LogP contribution is 2.19. The summed E-state index contributed by atoms with van der Waals surface area (Å²) in [5.41, 5.74) is 0.367. The zero-order valence-electron chi connectivity index (χ0n) is 10.1. The fourth-order valence-corrected chi connectivity index (χ4v) is 1.34. The Labute approximate surface area is 106 Å². The van der Waals surface area contributed by atoms with Gasteiger partial charge in [-0.15, -0.1) is 0 Å². The van der Waals surface area contributed by atoms with Crippen molar-refractivity contribution in [2.45, 2.75) is 19.6 Å². The molecule has 5 nitrogen and oxygen atoms in total. The van der Waals surface area contributed by atoms with Crippen molar-refractivity contribution in [1.82, 2.24) is 5.32 Å². The number of nitriles is 1. The van der Waals surface area contributed by atoms with Gasteiger partial charge < -0.3 is 14.9 Å². The standard InChI is InChI=1S/C13H16N2O3/c1-2-7-15-13(11(17)9-16)18-12-6-4-3-5-10(12)8-14/h3-6,9,13,15-17H,2,7H2,1H3. The fraction of sp³-hybridized carbons (Fsp3) is 0.308. The molecule has 1 unspecified atom stereocenters. The molecular weight excluding hydrogens is 232 g/mol. The fourth-order valence-electron chi connectivity index (χ4n) is 1.34. The van der Waals surface area contributed by atoms with Crippen molar-refractivity contribution < 1.29 is 14.9 Å². The van der Waals surface area contributed by atoms with Crippen molar-refractivity contribution in [3.63, 3.8) is 0 Å². The van der Waals surface area contributed by atoms with E-state index in [4.69, 9.17) is 15.1 Å². The second-order valence-corrected chi connectivity index (χ2v) is 3.61. The Kier molecular flexibility index (Phi) is 5.55. The van der Waals surface area contributed by atoms with Crippen LogP contribution in [-0.4, -0.2) is 23.0 Å². The maximum Gasteiger partial charge on any atom is 0.211 e. The lowest BCUT2D eigenvalue weighted by Gasteiger charge is -2.19. The van der Waals surface area contributed by atoms with E-state index in [0.29, 0.717) is 24.1 Å². The largest absolute Gasteiger partial charge is 0.512 e. The summed E-state index contributed by atoms with van der Waals surface area (Å²) in [6.07, 6.45) is 0.547. The van der Waals surface area contributed by atoms with Crippen molar-refractivity contribution in [3.05, 3.63) is 41.9 Å². The minimum atomic E-state index is -0.871. The molecule has 1 atom stereocenters. The van der Waals surface area contributed by atoms with Gasteiger partial charge in [0.1, 0.15) is 18.1 Å². The Hall–Kier alpha value is -2.19. The van der Waals surface area contributed by atoms with Gasteiger partial charge in [0.15, 0.2) is 5.76 Å². The van der Waals surface area contributed by atoms with Crippen molar-refractivity contribution in [3.8, 4) is 11.8 Å². The molecule has 0 aliphatic rings. The molecule has 1 aromatic rings. The van der Waals surface area contributed by atoms with Gasteiger partial charge in [0.2, 0.25) is 6.23 Å². The number of aliphatic hydroxyl groups excluding tert-OH is 2.